The summed E-state index contributed by atoms with van der Waals surface area (Å²) in [5.41, 5.74) is 2.39. The molecule has 0 heterocycles. The lowest BCUT2D eigenvalue weighted by Gasteiger charge is -2.17. The number of hydrogen-bond donors (Lipinski definition) is 1. The van der Waals surface area contributed by atoms with Gasteiger partial charge in [0, 0.05) is 31.9 Å². The van der Waals surface area contributed by atoms with E-state index in [0.29, 0.717) is 17.8 Å². The molecule has 3 rings (SSSR count). The van der Waals surface area contributed by atoms with Crippen molar-refractivity contribution in [2.45, 2.75) is 6.54 Å². The number of hydrogen-bond acceptors (Lipinski definition) is 4. The fraction of sp³-hybridized carbons (Fsp3) is 0.250. The number of nitrogens with zero attached hydrogens (tertiary/aromatic N) is 2. The Morgan fingerprint density at radius 1 is 0.900 bits per heavy atom. The van der Waals surface area contributed by atoms with Gasteiger partial charge in [0.15, 0.2) is 0 Å². The van der Waals surface area contributed by atoms with E-state index in [2.05, 4.69) is 23.5 Å². The Balaban J connectivity index is 1.56. The van der Waals surface area contributed by atoms with Crippen molar-refractivity contribution in [2.75, 3.05) is 40.1 Å². The van der Waals surface area contributed by atoms with E-state index in [1.165, 1.54) is 4.90 Å². The first kappa shape index (κ1) is 21.3. The van der Waals surface area contributed by atoms with Crippen molar-refractivity contribution >= 4 is 28.3 Å². The smallest absolute Gasteiger partial charge is 0.253 e. The summed E-state index contributed by atoms with van der Waals surface area (Å²) >= 11 is 0. The summed E-state index contributed by atoms with van der Waals surface area (Å²) < 4.78 is 5.27. The zero-order chi connectivity index (χ0) is 21.7. The summed E-state index contributed by atoms with van der Waals surface area (Å²) in [4.78, 5) is 27.8. The van der Waals surface area contributed by atoms with Crippen molar-refractivity contribution in [1.29, 1.82) is 0 Å². The molecule has 30 heavy (non-hydrogen) atoms. The predicted molar refractivity (Wildman–Crippen MR) is 120 cm³/mol. The molecule has 0 spiro atoms. The van der Waals surface area contributed by atoms with Gasteiger partial charge in [-0.1, -0.05) is 18.2 Å². The van der Waals surface area contributed by atoms with E-state index in [1.54, 1.807) is 45.5 Å². The monoisotopic (exact) mass is 405 g/mol. The molecule has 6 heteroatoms. The summed E-state index contributed by atoms with van der Waals surface area (Å²) in [7, 11) is 6.99. The molecule has 0 aromatic heterocycles. The molecule has 0 atom stereocenters. The molecule has 0 aliphatic rings. The maximum Gasteiger partial charge on any atom is 0.253 e. The van der Waals surface area contributed by atoms with Gasteiger partial charge in [-0.2, -0.15) is 0 Å². The molecule has 6 nitrogen and oxygen atoms in total. The van der Waals surface area contributed by atoms with Gasteiger partial charge in [-0.25, -0.2) is 0 Å². The lowest BCUT2D eigenvalue weighted by atomic mass is 10.1. The number of likely N-dealkylation sites (N-methyl/N-ethyl adjacent to an activating group) is 1. The second kappa shape index (κ2) is 9.41. The molecule has 1 N–H and O–H groups in total. The Hall–Kier alpha value is -3.38. The Kier molecular flexibility index (Phi) is 6.69. The third-order valence-electron chi connectivity index (χ3n) is 4.80. The van der Waals surface area contributed by atoms with Crippen molar-refractivity contribution in [3.8, 4) is 5.75 Å². The van der Waals surface area contributed by atoms with Gasteiger partial charge in [-0.15, -0.1) is 0 Å². The number of methoxy groups -OCH3 is 1. The van der Waals surface area contributed by atoms with E-state index in [4.69, 9.17) is 4.74 Å². The lowest BCUT2D eigenvalue weighted by molar-refractivity contribution is -0.117. The minimum absolute atomic E-state index is 0.0681. The van der Waals surface area contributed by atoms with Crippen LogP contribution in [-0.2, 0) is 11.3 Å². The van der Waals surface area contributed by atoms with Gasteiger partial charge in [-0.05, 0) is 65.8 Å². The van der Waals surface area contributed by atoms with Crippen LogP contribution in [0, 0.1) is 0 Å². The normalized spacial score (nSPS) is 10.8. The van der Waals surface area contributed by atoms with Crippen LogP contribution < -0.4 is 10.1 Å². The topological polar surface area (TPSA) is 61.9 Å². The van der Waals surface area contributed by atoms with E-state index in [-0.39, 0.29) is 18.4 Å². The molecule has 156 valence electrons. The van der Waals surface area contributed by atoms with Crippen LogP contribution in [0.3, 0.4) is 0 Å². The SMILES string of the molecule is COc1ccc2cc(CN(C)CC(=O)Nc3ccc(C(=O)N(C)C)cc3)ccc2c1. The van der Waals surface area contributed by atoms with Gasteiger partial charge in [-0.3, -0.25) is 14.5 Å². The first-order valence-corrected chi connectivity index (χ1v) is 9.72. The highest BCUT2D eigenvalue weighted by Gasteiger charge is 2.10. The zero-order valence-corrected chi connectivity index (χ0v) is 17.8. The highest BCUT2D eigenvalue weighted by Crippen LogP contribution is 2.22. The Labute approximate surface area is 177 Å². The number of carbonyl (C=O) groups excluding carboxylic acids is 2. The molecule has 0 saturated heterocycles. The molecule has 0 aliphatic heterocycles. The maximum atomic E-state index is 12.4. The molecule has 3 aromatic carbocycles. The van der Waals surface area contributed by atoms with Crippen LogP contribution in [0.2, 0.25) is 0 Å². The van der Waals surface area contributed by atoms with E-state index < -0.39 is 0 Å². The highest BCUT2D eigenvalue weighted by molar-refractivity contribution is 5.96. The van der Waals surface area contributed by atoms with Crippen LogP contribution in [0.15, 0.2) is 60.7 Å². The van der Waals surface area contributed by atoms with Crippen molar-refractivity contribution in [3.63, 3.8) is 0 Å². The van der Waals surface area contributed by atoms with Gasteiger partial charge >= 0.3 is 0 Å². The van der Waals surface area contributed by atoms with Gasteiger partial charge in [0.05, 0.1) is 13.7 Å². The lowest BCUT2D eigenvalue weighted by Crippen LogP contribution is -2.29. The molecule has 0 aliphatic carbocycles. The number of fused-ring (bicyclic) bond motifs is 1. The molecular weight excluding hydrogens is 378 g/mol. The van der Waals surface area contributed by atoms with E-state index in [9.17, 15) is 9.59 Å². The largest absolute Gasteiger partial charge is 0.497 e. The van der Waals surface area contributed by atoms with Crippen molar-refractivity contribution < 1.29 is 14.3 Å². The summed E-state index contributed by atoms with van der Waals surface area (Å²) in [6, 6.07) is 19.2. The number of anilines is 1. The molecule has 0 bridgehead atoms. The highest BCUT2D eigenvalue weighted by atomic mass is 16.5. The van der Waals surface area contributed by atoms with Crippen LogP contribution in [0.5, 0.6) is 5.75 Å². The molecule has 0 fully saturated rings. The number of carbonyl (C=O) groups is 2. The molecule has 0 unspecified atom stereocenters. The third kappa shape index (κ3) is 5.36. The van der Waals surface area contributed by atoms with Gasteiger partial charge < -0.3 is 15.0 Å². The fourth-order valence-electron chi connectivity index (χ4n) is 3.27. The third-order valence-corrected chi connectivity index (χ3v) is 4.80. The van der Waals surface area contributed by atoms with Crippen molar-refractivity contribution in [1.82, 2.24) is 9.80 Å². The molecular formula is C24H27N3O3. The fourth-order valence-corrected chi connectivity index (χ4v) is 3.27. The standard InChI is InChI=1S/C24H27N3O3/c1-26(2)24(29)18-7-10-21(11-8-18)25-23(28)16-27(3)15-17-5-6-20-14-22(30-4)12-9-19(20)13-17/h5-14H,15-16H2,1-4H3,(H,25,28). The summed E-state index contributed by atoms with van der Waals surface area (Å²) in [6.07, 6.45) is 0. The number of amides is 2. The zero-order valence-electron chi connectivity index (χ0n) is 17.8. The molecule has 0 saturated carbocycles. The van der Waals surface area contributed by atoms with Crippen LogP contribution in [0.4, 0.5) is 5.69 Å². The summed E-state index contributed by atoms with van der Waals surface area (Å²) in [5.74, 6) is 0.666. The second-order valence-electron chi connectivity index (χ2n) is 7.54. The van der Waals surface area contributed by atoms with Gasteiger partial charge in [0.1, 0.15) is 5.75 Å². The Morgan fingerprint density at radius 2 is 1.57 bits per heavy atom. The number of benzene rings is 3. The van der Waals surface area contributed by atoms with Crippen LogP contribution in [0.1, 0.15) is 15.9 Å². The van der Waals surface area contributed by atoms with E-state index in [0.717, 1.165) is 22.1 Å². The molecule has 2 amide bonds. The maximum absolute atomic E-state index is 12.4. The van der Waals surface area contributed by atoms with Gasteiger partial charge in [0.2, 0.25) is 5.91 Å². The Bertz CT molecular complexity index is 1050. The predicted octanol–water partition coefficient (Wildman–Crippen LogP) is 3.62. The number of ether oxygens (including phenoxy) is 1. The minimum atomic E-state index is -0.102. The Morgan fingerprint density at radius 3 is 2.23 bits per heavy atom. The van der Waals surface area contributed by atoms with Gasteiger partial charge in [0.25, 0.3) is 5.91 Å². The van der Waals surface area contributed by atoms with Crippen LogP contribution in [-0.4, -0.2) is 56.4 Å². The first-order valence-electron chi connectivity index (χ1n) is 9.72. The minimum Gasteiger partial charge on any atom is -0.497 e. The average molecular weight is 405 g/mol. The van der Waals surface area contributed by atoms with E-state index in [1.807, 2.05) is 30.1 Å². The molecule has 3 aromatic rings. The summed E-state index contributed by atoms with van der Waals surface area (Å²) in [6.45, 7) is 0.921. The van der Waals surface area contributed by atoms with Crippen LogP contribution >= 0.6 is 0 Å². The van der Waals surface area contributed by atoms with E-state index >= 15 is 0 Å². The molecule has 0 radical (unpaired) electrons. The van der Waals surface area contributed by atoms with Crippen molar-refractivity contribution in [2.24, 2.45) is 0 Å². The number of nitrogens with one attached hydrogen (secondary N) is 1. The van der Waals surface area contributed by atoms with Crippen molar-refractivity contribution in [3.05, 3.63) is 71.8 Å². The average Bonchev–Trinajstić information content (AvgIpc) is 2.73. The summed E-state index contributed by atoms with van der Waals surface area (Å²) in [5, 5.41) is 5.13. The number of rotatable bonds is 7. The second-order valence-corrected chi connectivity index (χ2v) is 7.54. The van der Waals surface area contributed by atoms with Crippen LogP contribution in [0.25, 0.3) is 10.8 Å². The first-order chi connectivity index (χ1) is 14.4. The quantitative estimate of drug-likeness (QED) is 0.652.